The van der Waals surface area contributed by atoms with Crippen molar-refractivity contribution in [2.24, 2.45) is 5.41 Å². The second-order valence-electron chi connectivity index (χ2n) is 11.1. The molecule has 1 atom stereocenters. The lowest BCUT2D eigenvalue weighted by atomic mass is 9.75. The first-order valence-corrected chi connectivity index (χ1v) is 14.2. The fraction of sp³-hybridized carbons (Fsp3) is 0.533. The highest BCUT2D eigenvalue weighted by atomic mass is 32.2. The summed E-state index contributed by atoms with van der Waals surface area (Å²) in [6, 6.07) is 15.8. The molecule has 1 aliphatic heterocycles. The largest absolute Gasteiger partial charge is 0.332 e. The van der Waals surface area contributed by atoms with Crippen molar-refractivity contribution in [2.75, 3.05) is 6.54 Å². The van der Waals surface area contributed by atoms with Crippen molar-refractivity contribution in [3.05, 3.63) is 64.7 Å². The highest BCUT2D eigenvalue weighted by molar-refractivity contribution is 7.98. The first kappa shape index (κ1) is 26.0. The number of nitrogens with zero attached hydrogens (tertiary/aromatic N) is 1. The van der Waals surface area contributed by atoms with Gasteiger partial charge in [-0.05, 0) is 86.2 Å². The molecule has 2 aliphatic rings. The average molecular weight is 493 g/mol. The van der Waals surface area contributed by atoms with E-state index in [1.165, 1.54) is 41.7 Å². The molecule has 5 heteroatoms. The Labute approximate surface area is 215 Å². The molecular formula is C30H40N2O2S. The number of thioether (sulfide) groups is 1. The van der Waals surface area contributed by atoms with Gasteiger partial charge in [0.2, 0.25) is 0 Å². The third-order valence-corrected chi connectivity index (χ3v) is 8.96. The number of carbonyl (C=O) groups is 2. The predicted molar refractivity (Wildman–Crippen MR) is 145 cm³/mol. The van der Waals surface area contributed by atoms with Crippen molar-refractivity contribution in [3.63, 3.8) is 0 Å². The Bertz CT molecular complexity index is 1010. The molecule has 0 radical (unpaired) electrons. The van der Waals surface area contributed by atoms with Crippen LogP contribution in [-0.2, 0) is 23.5 Å². The van der Waals surface area contributed by atoms with Gasteiger partial charge >= 0.3 is 0 Å². The summed E-state index contributed by atoms with van der Waals surface area (Å²) >= 11 is 1.81. The summed E-state index contributed by atoms with van der Waals surface area (Å²) in [6.07, 6.45) is 8.46. The fourth-order valence-corrected chi connectivity index (χ4v) is 6.31. The molecule has 35 heavy (non-hydrogen) atoms. The molecule has 2 aromatic carbocycles. The molecule has 1 aliphatic carbocycles. The monoisotopic (exact) mass is 492 g/mol. The molecule has 2 aromatic rings. The molecule has 1 N–H and O–H groups in total. The van der Waals surface area contributed by atoms with E-state index in [0.29, 0.717) is 30.8 Å². The quantitative estimate of drug-likeness (QED) is 0.291. The highest BCUT2D eigenvalue weighted by Crippen LogP contribution is 2.36. The lowest BCUT2D eigenvalue weighted by Gasteiger charge is -2.34. The summed E-state index contributed by atoms with van der Waals surface area (Å²) < 4.78 is 0. The van der Waals surface area contributed by atoms with Crippen molar-refractivity contribution in [3.8, 4) is 0 Å². The van der Waals surface area contributed by atoms with Gasteiger partial charge in [0.25, 0.3) is 5.91 Å². The number of amides is 1. The number of carbonyl (C=O) groups excluding carboxylic acids is 2. The Kier molecular flexibility index (Phi) is 8.72. The Morgan fingerprint density at radius 2 is 1.83 bits per heavy atom. The summed E-state index contributed by atoms with van der Waals surface area (Å²) in [4.78, 5) is 26.7. The third kappa shape index (κ3) is 6.77. The van der Waals surface area contributed by atoms with Crippen molar-refractivity contribution in [1.82, 2.24) is 10.2 Å². The summed E-state index contributed by atoms with van der Waals surface area (Å²) in [5.41, 5.74) is 5.16. The van der Waals surface area contributed by atoms with Crippen molar-refractivity contribution in [1.29, 1.82) is 0 Å². The summed E-state index contributed by atoms with van der Waals surface area (Å²) in [7, 11) is 0. The van der Waals surface area contributed by atoms with Crippen LogP contribution in [0.2, 0.25) is 0 Å². The number of hydrogen-bond donors (Lipinski definition) is 1. The standard InChI is InChI=1S/C30H40N2O2S/c1-22(6-5-19-33)32-20-27-26(29(32)34)7-4-8-28(27)35-21-24-11-9-23(10-12-24)15-18-31-25-13-16-30(2,3)17-14-25/h4,7-12,19,22,25,31H,5-6,13-18,20-21H2,1-3H3. The number of benzene rings is 2. The molecule has 1 saturated carbocycles. The van der Waals surface area contributed by atoms with Crippen LogP contribution < -0.4 is 5.32 Å². The van der Waals surface area contributed by atoms with Crippen LogP contribution in [0.25, 0.3) is 0 Å². The van der Waals surface area contributed by atoms with Crippen LogP contribution in [-0.4, -0.2) is 35.7 Å². The van der Waals surface area contributed by atoms with Crippen molar-refractivity contribution in [2.45, 2.75) is 95.0 Å². The fourth-order valence-electron chi connectivity index (χ4n) is 5.27. The molecule has 0 aromatic heterocycles. The second kappa shape index (κ2) is 11.7. The van der Waals surface area contributed by atoms with Crippen LogP contribution in [0.1, 0.15) is 86.3 Å². The summed E-state index contributed by atoms with van der Waals surface area (Å²) in [5, 5.41) is 3.77. The van der Waals surface area contributed by atoms with Crippen LogP contribution >= 0.6 is 11.8 Å². The minimum atomic E-state index is 0.0740. The molecule has 0 spiro atoms. The van der Waals surface area contributed by atoms with E-state index in [0.717, 1.165) is 36.1 Å². The van der Waals surface area contributed by atoms with E-state index in [-0.39, 0.29) is 11.9 Å². The van der Waals surface area contributed by atoms with E-state index in [1.807, 2.05) is 35.7 Å². The minimum absolute atomic E-state index is 0.0740. The summed E-state index contributed by atoms with van der Waals surface area (Å²) in [6.45, 7) is 8.50. The van der Waals surface area contributed by atoms with E-state index in [9.17, 15) is 9.59 Å². The number of aldehydes is 1. The van der Waals surface area contributed by atoms with Crippen LogP contribution in [0.3, 0.4) is 0 Å². The Morgan fingerprint density at radius 3 is 2.54 bits per heavy atom. The molecule has 4 rings (SSSR count). The smallest absolute Gasteiger partial charge is 0.254 e. The van der Waals surface area contributed by atoms with Crippen LogP contribution in [0.4, 0.5) is 0 Å². The zero-order chi connectivity index (χ0) is 24.8. The lowest BCUT2D eigenvalue weighted by molar-refractivity contribution is -0.108. The first-order chi connectivity index (χ1) is 16.9. The van der Waals surface area contributed by atoms with Crippen LogP contribution in [0.5, 0.6) is 0 Å². The molecule has 1 amide bonds. The number of fused-ring (bicyclic) bond motifs is 1. The zero-order valence-corrected chi connectivity index (χ0v) is 22.3. The molecule has 0 bridgehead atoms. The number of hydrogen-bond acceptors (Lipinski definition) is 4. The molecular weight excluding hydrogens is 452 g/mol. The lowest BCUT2D eigenvalue weighted by Crippen LogP contribution is -2.36. The molecule has 4 nitrogen and oxygen atoms in total. The van der Waals surface area contributed by atoms with Crippen molar-refractivity contribution >= 4 is 24.0 Å². The Hall–Kier alpha value is -2.11. The van der Waals surface area contributed by atoms with Gasteiger partial charge in [0, 0.05) is 41.3 Å². The maximum absolute atomic E-state index is 12.9. The van der Waals surface area contributed by atoms with Gasteiger partial charge in [0.05, 0.1) is 0 Å². The Balaban J connectivity index is 1.26. The Morgan fingerprint density at radius 1 is 1.11 bits per heavy atom. The SMILES string of the molecule is CC(CCC=O)N1Cc2c(SCc3ccc(CCNC4CCC(C)(C)CC4)cc3)cccc2C1=O. The third-order valence-electron chi connectivity index (χ3n) is 7.79. The normalized spacial score (nSPS) is 18.5. The average Bonchev–Trinajstić information content (AvgIpc) is 3.20. The van der Waals surface area contributed by atoms with Gasteiger partial charge in [-0.15, -0.1) is 11.8 Å². The molecule has 1 heterocycles. The van der Waals surface area contributed by atoms with E-state index >= 15 is 0 Å². The van der Waals surface area contributed by atoms with Crippen LogP contribution in [0.15, 0.2) is 47.4 Å². The van der Waals surface area contributed by atoms with E-state index in [2.05, 4.69) is 49.5 Å². The van der Waals surface area contributed by atoms with E-state index in [4.69, 9.17) is 0 Å². The topological polar surface area (TPSA) is 49.4 Å². The van der Waals surface area contributed by atoms with Gasteiger partial charge in [0.15, 0.2) is 0 Å². The van der Waals surface area contributed by atoms with Gasteiger partial charge < -0.3 is 15.0 Å². The maximum atomic E-state index is 12.9. The highest BCUT2D eigenvalue weighted by Gasteiger charge is 2.32. The van der Waals surface area contributed by atoms with Gasteiger partial charge in [-0.1, -0.05) is 44.2 Å². The van der Waals surface area contributed by atoms with Gasteiger partial charge in [-0.2, -0.15) is 0 Å². The van der Waals surface area contributed by atoms with E-state index < -0.39 is 0 Å². The van der Waals surface area contributed by atoms with Crippen LogP contribution in [0, 0.1) is 5.41 Å². The maximum Gasteiger partial charge on any atom is 0.254 e. The second-order valence-corrected chi connectivity index (χ2v) is 12.1. The molecule has 1 unspecified atom stereocenters. The predicted octanol–water partition coefficient (Wildman–Crippen LogP) is 6.40. The first-order valence-electron chi connectivity index (χ1n) is 13.2. The zero-order valence-electron chi connectivity index (χ0n) is 21.5. The minimum Gasteiger partial charge on any atom is -0.332 e. The van der Waals surface area contributed by atoms with Gasteiger partial charge in [0.1, 0.15) is 6.29 Å². The van der Waals surface area contributed by atoms with E-state index in [1.54, 1.807) is 0 Å². The summed E-state index contributed by atoms with van der Waals surface area (Å²) in [5.74, 6) is 0.984. The number of nitrogens with one attached hydrogen (secondary N) is 1. The molecule has 0 saturated heterocycles. The molecule has 1 fully saturated rings. The molecule has 188 valence electrons. The van der Waals surface area contributed by atoms with Gasteiger partial charge in [-0.3, -0.25) is 4.79 Å². The number of rotatable bonds is 11. The van der Waals surface area contributed by atoms with Crippen molar-refractivity contribution < 1.29 is 9.59 Å². The van der Waals surface area contributed by atoms with Gasteiger partial charge in [-0.25, -0.2) is 0 Å².